The van der Waals surface area contributed by atoms with Crippen LogP contribution in [0.25, 0.3) is 0 Å². The number of aryl methyl sites for hydroxylation is 1. The Morgan fingerprint density at radius 3 is 3.06 bits per heavy atom. The SMILES string of the molecule is CC1(CCCCl)SCCc2cc(O)ccc21. The molecular formula is C13H17ClOS. The number of phenolic OH excluding ortho intramolecular Hbond substituents is 1. The highest BCUT2D eigenvalue weighted by molar-refractivity contribution is 8.00. The van der Waals surface area contributed by atoms with E-state index < -0.39 is 0 Å². The number of halogens is 1. The number of alkyl halides is 1. The van der Waals surface area contributed by atoms with E-state index in [2.05, 4.69) is 13.0 Å². The summed E-state index contributed by atoms with van der Waals surface area (Å²) in [6, 6.07) is 5.78. The van der Waals surface area contributed by atoms with E-state index in [1.165, 1.54) is 11.1 Å². The van der Waals surface area contributed by atoms with Gasteiger partial charge in [0.1, 0.15) is 5.75 Å². The van der Waals surface area contributed by atoms with Crippen LogP contribution in [0.1, 0.15) is 30.9 Å². The number of phenols is 1. The van der Waals surface area contributed by atoms with E-state index in [0.29, 0.717) is 5.75 Å². The Hall–Kier alpha value is -0.340. The lowest BCUT2D eigenvalue weighted by Gasteiger charge is -2.35. The maximum atomic E-state index is 9.51. The number of hydrogen-bond acceptors (Lipinski definition) is 2. The lowest BCUT2D eigenvalue weighted by molar-refractivity contribution is 0.473. The molecule has 0 aromatic heterocycles. The van der Waals surface area contributed by atoms with Gasteiger partial charge in [-0.15, -0.1) is 11.6 Å². The molecule has 0 aliphatic carbocycles. The monoisotopic (exact) mass is 256 g/mol. The first-order chi connectivity index (χ1) is 7.65. The molecule has 1 aromatic rings. The van der Waals surface area contributed by atoms with E-state index in [0.717, 1.165) is 30.9 Å². The molecular weight excluding hydrogens is 240 g/mol. The van der Waals surface area contributed by atoms with Gasteiger partial charge in [0.25, 0.3) is 0 Å². The molecule has 1 aliphatic heterocycles. The molecule has 0 saturated carbocycles. The van der Waals surface area contributed by atoms with Crippen LogP contribution < -0.4 is 0 Å². The second kappa shape index (κ2) is 4.89. The van der Waals surface area contributed by atoms with E-state index in [1.54, 1.807) is 6.07 Å². The van der Waals surface area contributed by atoms with Crippen LogP contribution in [0, 0.1) is 0 Å². The van der Waals surface area contributed by atoms with Gasteiger partial charge < -0.3 is 5.11 Å². The van der Waals surface area contributed by atoms with Crippen LogP contribution in [0.3, 0.4) is 0 Å². The molecule has 3 heteroatoms. The Morgan fingerprint density at radius 1 is 1.50 bits per heavy atom. The first kappa shape index (κ1) is 12.1. The second-order valence-electron chi connectivity index (χ2n) is 4.46. The van der Waals surface area contributed by atoms with Crippen molar-refractivity contribution in [2.24, 2.45) is 0 Å². The fraction of sp³-hybridized carbons (Fsp3) is 0.538. The van der Waals surface area contributed by atoms with E-state index in [9.17, 15) is 5.11 Å². The maximum absolute atomic E-state index is 9.51. The molecule has 1 atom stereocenters. The Balaban J connectivity index is 2.31. The predicted octanol–water partition coefficient (Wildman–Crippen LogP) is 3.92. The van der Waals surface area contributed by atoms with Crippen LogP contribution in [0.2, 0.25) is 0 Å². The van der Waals surface area contributed by atoms with Gasteiger partial charge in [0.05, 0.1) is 0 Å². The molecule has 16 heavy (non-hydrogen) atoms. The third-order valence-corrected chi connectivity index (χ3v) is 4.97. The van der Waals surface area contributed by atoms with Crippen molar-refractivity contribution in [1.82, 2.24) is 0 Å². The van der Waals surface area contributed by atoms with Crippen LogP contribution >= 0.6 is 23.4 Å². The molecule has 1 heterocycles. The standard InChI is InChI=1S/C13H17ClOS/c1-13(6-2-7-14)12-4-3-11(15)9-10(12)5-8-16-13/h3-4,9,15H,2,5-8H2,1H3. The molecule has 0 fully saturated rings. The molecule has 0 radical (unpaired) electrons. The summed E-state index contributed by atoms with van der Waals surface area (Å²) in [6.07, 6.45) is 3.22. The molecule has 2 rings (SSSR count). The Morgan fingerprint density at radius 2 is 2.31 bits per heavy atom. The number of hydrogen-bond donors (Lipinski definition) is 1. The predicted molar refractivity (Wildman–Crippen MR) is 71.6 cm³/mol. The number of thioether (sulfide) groups is 1. The fourth-order valence-corrected chi connectivity index (χ4v) is 3.93. The van der Waals surface area contributed by atoms with Crippen molar-refractivity contribution in [1.29, 1.82) is 0 Å². The van der Waals surface area contributed by atoms with Gasteiger partial charge in [0.2, 0.25) is 0 Å². The van der Waals surface area contributed by atoms with Gasteiger partial charge in [-0.05, 0) is 55.2 Å². The van der Waals surface area contributed by atoms with Gasteiger partial charge in [-0.2, -0.15) is 11.8 Å². The summed E-state index contributed by atoms with van der Waals surface area (Å²) in [6.45, 7) is 2.29. The molecule has 0 amide bonds. The molecule has 0 bridgehead atoms. The van der Waals surface area contributed by atoms with Crippen molar-refractivity contribution in [3.8, 4) is 5.75 Å². The van der Waals surface area contributed by atoms with Crippen molar-refractivity contribution in [3.05, 3.63) is 29.3 Å². The van der Waals surface area contributed by atoms with Crippen LogP contribution in [-0.4, -0.2) is 16.7 Å². The average molecular weight is 257 g/mol. The molecule has 1 N–H and O–H groups in total. The summed E-state index contributed by atoms with van der Waals surface area (Å²) in [4.78, 5) is 0. The van der Waals surface area contributed by atoms with E-state index in [1.807, 2.05) is 17.8 Å². The molecule has 88 valence electrons. The van der Waals surface area contributed by atoms with Gasteiger partial charge in [0, 0.05) is 10.6 Å². The highest BCUT2D eigenvalue weighted by Gasteiger charge is 2.32. The smallest absolute Gasteiger partial charge is 0.115 e. The van der Waals surface area contributed by atoms with Crippen molar-refractivity contribution >= 4 is 23.4 Å². The van der Waals surface area contributed by atoms with Crippen molar-refractivity contribution < 1.29 is 5.11 Å². The minimum Gasteiger partial charge on any atom is -0.508 e. The number of benzene rings is 1. The first-order valence-corrected chi connectivity index (χ1v) is 7.20. The van der Waals surface area contributed by atoms with Gasteiger partial charge >= 0.3 is 0 Å². The van der Waals surface area contributed by atoms with Crippen molar-refractivity contribution in [2.45, 2.75) is 30.9 Å². The summed E-state index contributed by atoms with van der Waals surface area (Å²) in [5, 5.41) is 9.51. The Labute approximate surface area is 106 Å². The zero-order valence-electron chi connectivity index (χ0n) is 9.50. The van der Waals surface area contributed by atoms with Crippen LogP contribution in [0.5, 0.6) is 5.75 Å². The van der Waals surface area contributed by atoms with Crippen LogP contribution in [-0.2, 0) is 11.2 Å². The minimum absolute atomic E-state index is 0.177. The highest BCUT2D eigenvalue weighted by Crippen LogP contribution is 2.46. The lowest BCUT2D eigenvalue weighted by Crippen LogP contribution is -2.24. The summed E-state index contributed by atoms with van der Waals surface area (Å²) in [7, 11) is 0. The van der Waals surface area contributed by atoms with Crippen LogP contribution in [0.4, 0.5) is 0 Å². The summed E-state index contributed by atoms with van der Waals surface area (Å²) in [5.74, 6) is 2.24. The topological polar surface area (TPSA) is 20.2 Å². The molecule has 1 nitrogen and oxygen atoms in total. The molecule has 0 spiro atoms. The minimum atomic E-state index is 0.177. The normalized spacial score (nSPS) is 24.1. The third-order valence-electron chi connectivity index (χ3n) is 3.24. The Kier molecular flexibility index (Phi) is 3.70. The summed E-state index contributed by atoms with van der Waals surface area (Å²) < 4.78 is 0.177. The van der Waals surface area contributed by atoms with Gasteiger partial charge in [0.15, 0.2) is 0 Å². The van der Waals surface area contributed by atoms with E-state index in [-0.39, 0.29) is 4.75 Å². The van der Waals surface area contributed by atoms with Gasteiger partial charge in [-0.25, -0.2) is 0 Å². The van der Waals surface area contributed by atoms with Crippen molar-refractivity contribution in [3.63, 3.8) is 0 Å². The number of aromatic hydroxyl groups is 1. The largest absolute Gasteiger partial charge is 0.508 e. The second-order valence-corrected chi connectivity index (χ2v) is 6.44. The zero-order valence-corrected chi connectivity index (χ0v) is 11.1. The molecule has 0 saturated heterocycles. The fourth-order valence-electron chi connectivity index (χ4n) is 2.38. The van der Waals surface area contributed by atoms with E-state index >= 15 is 0 Å². The molecule has 1 aromatic carbocycles. The maximum Gasteiger partial charge on any atom is 0.115 e. The van der Waals surface area contributed by atoms with Gasteiger partial charge in [-0.3, -0.25) is 0 Å². The number of rotatable bonds is 3. The first-order valence-electron chi connectivity index (χ1n) is 5.68. The zero-order chi connectivity index (χ0) is 11.6. The highest BCUT2D eigenvalue weighted by atomic mass is 35.5. The number of fused-ring (bicyclic) bond motifs is 1. The average Bonchev–Trinajstić information content (AvgIpc) is 2.26. The molecule has 1 aliphatic rings. The summed E-state index contributed by atoms with van der Waals surface area (Å²) >= 11 is 7.80. The lowest BCUT2D eigenvalue weighted by atomic mass is 9.89. The third kappa shape index (κ3) is 2.33. The quantitative estimate of drug-likeness (QED) is 0.828. The van der Waals surface area contributed by atoms with Crippen LogP contribution in [0.15, 0.2) is 18.2 Å². The van der Waals surface area contributed by atoms with E-state index in [4.69, 9.17) is 11.6 Å². The molecule has 1 unspecified atom stereocenters. The summed E-state index contributed by atoms with van der Waals surface area (Å²) in [5.41, 5.74) is 2.68. The Bertz CT molecular complexity index is 380. The van der Waals surface area contributed by atoms with Gasteiger partial charge in [-0.1, -0.05) is 6.07 Å². The van der Waals surface area contributed by atoms with Crippen molar-refractivity contribution in [2.75, 3.05) is 11.6 Å².